The van der Waals surface area contributed by atoms with E-state index in [4.69, 9.17) is 4.74 Å². The van der Waals surface area contributed by atoms with E-state index in [1.807, 2.05) is 0 Å². The number of nitro benzene ring substituents is 1. The zero-order valence-electron chi connectivity index (χ0n) is 20.4. The molecule has 0 fully saturated rings. The molecule has 0 saturated carbocycles. The number of halogens is 13. The third kappa shape index (κ3) is 6.80. The van der Waals surface area contributed by atoms with Crippen molar-refractivity contribution >= 4 is 11.8 Å². The highest BCUT2D eigenvalue weighted by Gasteiger charge is 2.90. The van der Waals surface area contributed by atoms with Crippen LogP contribution in [0.25, 0.3) is 0 Å². The highest BCUT2D eigenvalue weighted by Crippen LogP contribution is 2.60. The van der Waals surface area contributed by atoms with Gasteiger partial charge in [0.25, 0.3) is 5.69 Å². The topological polar surface area (TPSA) is 81.5 Å². The van der Waals surface area contributed by atoms with Gasteiger partial charge in [0, 0.05) is 25.1 Å². The first-order valence-electron chi connectivity index (χ1n) is 11.2. The fourth-order valence-electron chi connectivity index (χ4n) is 3.17. The lowest BCUT2D eigenvalue weighted by Crippen LogP contribution is -2.70. The summed E-state index contributed by atoms with van der Waals surface area (Å²) in [5.74, 6) is -37.1. The van der Waals surface area contributed by atoms with Gasteiger partial charge >= 0.3 is 41.9 Å². The summed E-state index contributed by atoms with van der Waals surface area (Å²) in [6, 6.07) is 9.20. The molecule has 0 bridgehead atoms. The van der Waals surface area contributed by atoms with Crippen LogP contribution in [0.1, 0.15) is 23.1 Å². The van der Waals surface area contributed by atoms with Crippen molar-refractivity contribution in [1.29, 1.82) is 0 Å². The predicted octanol–water partition coefficient (Wildman–Crippen LogP) is 7.69. The minimum atomic E-state index is -7.94. The molecule has 2 aromatic rings. The number of alkyl carbamates (subject to hydrolysis) is 1. The van der Waals surface area contributed by atoms with Gasteiger partial charge in [-0.3, -0.25) is 10.1 Å². The Bertz CT molecular complexity index is 1250. The van der Waals surface area contributed by atoms with Crippen LogP contribution in [-0.4, -0.2) is 46.8 Å². The van der Waals surface area contributed by atoms with Gasteiger partial charge in [0.1, 0.15) is 6.61 Å². The Labute approximate surface area is 226 Å². The maximum Gasteiger partial charge on any atom is 0.460 e. The van der Waals surface area contributed by atoms with Gasteiger partial charge in [0.2, 0.25) is 0 Å². The van der Waals surface area contributed by atoms with Gasteiger partial charge in [-0.2, -0.15) is 57.1 Å². The molecule has 0 aliphatic rings. The first-order chi connectivity index (χ1) is 19.0. The number of hydrogen-bond donors (Lipinski definition) is 1. The van der Waals surface area contributed by atoms with Gasteiger partial charge in [-0.15, -0.1) is 0 Å². The molecule has 0 atom stereocenters. The number of non-ortho nitro benzene ring substituents is 1. The molecule has 0 aliphatic heterocycles. The van der Waals surface area contributed by atoms with Crippen molar-refractivity contribution in [3.8, 4) is 0 Å². The Hall–Kier alpha value is -3.80. The van der Waals surface area contributed by atoms with Crippen molar-refractivity contribution in [2.75, 3.05) is 0 Å². The van der Waals surface area contributed by atoms with Crippen molar-refractivity contribution in [2.45, 2.75) is 61.8 Å². The summed E-state index contributed by atoms with van der Waals surface area (Å²) >= 11 is 0. The minimum absolute atomic E-state index is 0.0898. The fraction of sp³-hybridized carbons (Fsp3) is 0.435. The second kappa shape index (κ2) is 11.8. The van der Waals surface area contributed by atoms with E-state index in [1.54, 1.807) is 0 Å². The van der Waals surface area contributed by atoms with E-state index in [2.05, 4.69) is 5.32 Å². The van der Waals surface area contributed by atoms with Crippen LogP contribution in [-0.2, 0) is 24.3 Å². The SMILES string of the molecule is O=C(NCc1ccc([N+](=O)[O-])cc1)OCc1ccc(CCC(F)(F)C(F)(F)C(F)(F)C(F)(F)C(F)(F)C(F)(F)F)cc1. The Morgan fingerprint density at radius 1 is 0.690 bits per heavy atom. The number of ether oxygens (including phenoxy) is 1. The zero-order chi connectivity index (χ0) is 32.4. The van der Waals surface area contributed by atoms with Gasteiger partial charge in [0.05, 0.1) is 4.92 Å². The van der Waals surface area contributed by atoms with Crippen LogP contribution in [0.15, 0.2) is 48.5 Å². The quantitative estimate of drug-likeness (QED) is 0.148. The Balaban J connectivity index is 1.98. The largest absolute Gasteiger partial charge is 0.460 e. The molecule has 0 spiro atoms. The van der Waals surface area contributed by atoms with E-state index in [0.29, 0.717) is 5.56 Å². The summed E-state index contributed by atoms with van der Waals surface area (Å²) in [5, 5.41) is 12.9. The molecule has 0 heterocycles. The van der Waals surface area contributed by atoms with Crippen LogP contribution in [0, 0.1) is 10.1 Å². The third-order valence-electron chi connectivity index (χ3n) is 5.70. The maximum atomic E-state index is 14.0. The van der Waals surface area contributed by atoms with Crippen molar-refractivity contribution < 1.29 is 71.5 Å². The summed E-state index contributed by atoms with van der Waals surface area (Å²) in [6.45, 7) is -0.525. The second-order valence-electron chi connectivity index (χ2n) is 8.67. The van der Waals surface area contributed by atoms with E-state index in [0.717, 1.165) is 24.3 Å². The number of rotatable bonds is 12. The van der Waals surface area contributed by atoms with Gasteiger partial charge in [-0.1, -0.05) is 36.4 Å². The Morgan fingerprint density at radius 3 is 1.62 bits per heavy atom. The lowest BCUT2D eigenvalue weighted by Gasteiger charge is -2.39. The van der Waals surface area contributed by atoms with Crippen molar-refractivity contribution in [3.63, 3.8) is 0 Å². The summed E-state index contributed by atoms with van der Waals surface area (Å²) in [4.78, 5) is 21.8. The van der Waals surface area contributed by atoms with Gasteiger partial charge in [-0.25, -0.2) is 4.79 Å². The highest BCUT2D eigenvalue weighted by atomic mass is 19.4. The molecule has 1 amide bonds. The van der Waals surface area contributed by atoms with Crippen molar-refractivity contribution in [1.82, 2.24) is 5.32 Å². The fourth-order valence-corrected chi connectivity index (χ4v) is 3.17. The van der Waals surface area contributed by atoms with Crippen LogP contribution in [0.2, 0.25) is 0 Å². The number of hydrogen-bond acceptors (Lipinski definition) is 4. The summed E-state index contributed by atoms with van der Waals surface area (Å²) < 4.78 is 176. The smallest absolute Gasteiger partial charge is 0.445 e. The first-order valence-corrected chi connectivity index (χ1v) is 11.2. The number of carbonyl (C=O) groups is 1. The normalized spacial score (nSPS) is 13.5. The Kier molecular flexibility index (Phi) is 9.69. The maximum absolute atomic E-state index is 14.0. The van der Waals surface area contributed by atoms with E-state index < -0.39 is 66.3 Å². The molecule has 1 N–H and O–H groups in total. The molecule has 234 valence electrons. The lowest BCUT2D eigenvalue weighted by molar-refractivity contribution is -0.440. The van der Waals surface area contributed by atoms with E-state index in [-0.39, 0.29) is 23.4 Å². The molecule has 0 radical (unpaired) electrons. The number of amides is 1. The van der Waals surface area contributed by atoms with Crippen LogP contribution in [0.5, 0.6) is 0 Å². The molecule has 6 nitrogen and oxygen atoms in total. The molecule has 0 saturated heterocycles. The molecule has 0 unspecified atom stereocenters. The van der Waals surface area contributed by atoms with E-state index in [1.165, 1.54) is 24.3 Å². The number of nitrogens with zero attached hydrogens (tertiary/aromatic N) is 1. The van der Waals surface area contributed by atoms with Gasteiger partial charge in [0.15, 0.2) is 0 Å². The van der Waals surface area contributed by atoms with E-state index in [9.17, 15) is 72.0 Å². The number of benzene rings is 2. The lowest BCUT2D eigenvalue weighted by atomic mass is 9.91. The van der Waals surface area contributed by atoms with Crippen LogP contribution < -0.4 is 5.32 Å². The number of carbonyl (C=O) groups excluding carboxylic acids is 1. The Morgan fingerprint density at radius 2 is 1.14 bits per heavy atom. The molecule has 0 aliphatic carbocycles. The summed E-state index contributed by atoms with van der Waals surface area (Å²) in [6.07, 6.45) is -12.0. The predicted molar refractivity (Wildman–Crippen MR) is 116 cm³/mol. The first kappa shape index (κ1) is 34.4. The molecular weight excluding hydrogens is 615 g/mol. The summed E-state index contributed by atoms with van der Waals surface area (Å²) in [5.41, 5.74) is 0.168. The van der Waals surface area contributed by atoms with Crippen molar-refractivity contribution in [3.05, 3.63) is 75.3 Å². The number of nitrogens with one attached hydrogen (secondary N) is 1. The number of aryl methyl sites for hydroxylation is 1. The van der Waals surface area contributed by atoms with Crippen LogP contribution >= 0.6 is 0 Å². The van der Waals surface area contributed by atoms with Crippen LogP contribution in [0.3, 0.4) is 0 Å². The van der Waals surface area contributed by atoms with Gasteiger partial charge < -0.3 is 10.1 Å². The molecule has 2 aromatic carbocycles. The zero-order valence-corrected chi connectivity index (χ0v) is 20.4. The molecule has 42 heavy (non-hydrogen) atoms. The minimum Gasteiger partial charge on any atom is -0.445 e. The van der Waals surface area contributed by atoms with Crippen molar-refractivity contribution in [2.24, 2.45) is 0 Å². The molecule has 19 heteroatoms. The molecule has 0 aromatic heterocycles. The molecule has 2 rings (SSSR count). The van der Waals surface area contributed by atoms with E-state index >= 15 is 0 Å². The van der Waals surface area contributed by atoms with Crippen LogP contribution in [0.4, 0.5) is 67.6 Å². The monoisotopic (exact) mass is 632 g/mol. The standard InChI is InChI=1S/C23H17F13N2O4/c24-18(25,19(26,27)20(28,29)21(30,31)22(32,33)23(34,35)36)10-9-13-1-3-15(4-2-13)12-42-17(39)37-11-14-5-7-16(8-6-14)38(40)41/h1-8H,9-12H2,(H,37,39). The number of nitro groups is 1. The number of alkyl halides is 13. The summed E-state index contributed by atoms with van der Waals surface area (Å²) in [7, 11) is 0. The highest BCUT2D eigenvalue weighted by molar-refractivity contribution is 5.67. The molecular formula is C23H17F13N2O4. The average molecular weight is 632 g/mol. The average Bonchev–Trinajstić information content (AvgIpc) is 2.89. The van der Waals surface area contributed by atoms with Gasteiger partial charge in [-0.05, 0) is 23.1 Å². The second-order valence-corrected chi connectivity index (χ2v) is 8.67. The third-order valence-corrected chi connectivity index (χ3v) is 5.70.